The van der Waals surface area contributed by atoms with Gasteiger partial charge in [-0.3, -0.25) is 4.79 Å². The number of rotatable bonds is 3. The number of anilines is 1. The first-order valence-corrected chi connectivity index (χ1v) is 7.30. The van der Waals surface area contributed by atoms with E-state index in [4.69, 9.17) is 17.3 Å². The van der Waals surface area contributed by atoms with Crippen molar-refractivity contribution in [1.82, 2.24) is 4.98 Å². The standard InChI is InChI=1S/C18H15ClN2O/c1-11-15(18(22)13-9-5-6-10-14(13)19)16(20)17(21-11)12-7-3-2-4-8-12/h2-10,21H,20H2,1H3. The van der Waals surface area contributed by atoms with E-state index in [2.05, 4.69) is 4.98 Å². The first-order valence-electron chi connectivity index (χ1n) is 6.92. The summed E-state index contributed by atoms with van der Waals surface area (Å²) < 4.78 is 0. The van der Waals surface area contributed by atoms with Crippen molar-refractivity contribution < 1.29 is 4.79 Å². The van der Waals surface area contributed by atoms with Crippen molar-refractivity contribution in [1.29, 1.82) is 0 Å². The number of hydrogen-bond donors (Lipinski definition) is 2. The van der Waals surface area contributed by atoms with Crippen LogP contribution in [0.4, 0.5) is 5.69 Å². The number of ketones is 1. The third-order valence-corrected chi connectivity index (χ3v) is 3.96. The summed E-state index contributed by atoms with van der Waals surface area (Å²) in [6.45, 7) is 1.84. The van der Waals surface area contributed by atoms with Crippen molar-refractivity contribution in [3.63, 3.8) is 0 Å². The molecule has 0 aliphatic heterocycles. The maximum absolute atomic E-state index is 12.8. The Kier molecular flexibility index (Phi) is 3.73. The van der Waals surface area contributed by atoms with Crippen LogP contribution in [-0.2, 0) is 0 Å². The largest absolute Gasteiger partial charge is 0.396 e. The Morgan fingerprint density at radius 3 is 2.36 bits per heavy atom. The number of aryl methyl sites for hydroxylation is 1. The van der Waals surface area contributed by atoms with Gasteiger partial charge in [-0.15, -0.1) is 0 Å². The lowest BCUT2D eigenvalue weighted by atomic mass is 10.0. The van der Waals surface area contributed by atoms with Crippen LogP contribution in [0, 0.1) is 6.92 Å². The summed E-state index contributed by atoms with van der Waals surface area (Å²) in [6.07, 6.45) is 0. The summed E-state index contributed by atoms with van der Waals surface area (Å²) in [5.41, 5.74) is 10.1. The summed E-state index contributed by atoms with van der Waals surface area (Å²) in [5, 5.41) is 0.425. The van der Waals surface area contributed by atoms with Gasteiger partial charge in [0.25, 0.3) is 0 Å². The predicted molar refractivity (Wildman–Crippen MR) is 90.3 cm³/mol. The van der Waals surface area contributed by atoms with Gasteiger partial charge in [0.2, 0.25) is 0 Å². The molecule has 0 aliphatic rings. The van der Waals surface area contributed by atoms with Gasteiger partial charge in [0.1, 0.15) is 0 Å². The number of carbonyl (C=O) groups excluding carboxylic acids is 1. The Labute approximate surface area is 133 Å². The monoisotopic (exact) mass is 310 g/mol. The molecule has 0 unspecified atom stereocenters. The van der Waals surface area contributed by atoms with Gasteiger partial charge >= 0.3 is 0 Å². The van der Waals surface area contributed by atoms with Crippen LogP contribution in [0.15, 0.2) is 54.6 Å². The topological polar surface area (TPSA) is 58.9 Å². The van der Waals surface area contributed by atoms with Crippen LogP contribution in [0.5, 0.6) is 0 Å². The molecular formula is C18H15ClN2O. The average Bonchev–Trinajstić information content (AvgIpc) is 2.83. The number of nitrogen functional groups attached to an aromatic ring is 1. The molecule has 0 aliphatic carbocycles. The van der Waals surface area contributed by atoms with Crippen molar-refractivity contribution in [2.24, 2.45) is 0 Å². The summed E-state index contributed by atoms with van der Waals surface area (Å²) in [6, 6.07) is 16.7. The molecule has 3 nitrogen and oxygen atoms in total. The number of halogens is 1. The lowest BCUT2D eigenvalue weighted by molar-refractivity contribution is 0.103. The number of nitrogens with one attached hydrogen (secondary N) is 1. The Morgan fingerprint density at radius 2 is 1.68 bits per heavy atom. The van der Waals surface area contributed by atoms with Gasteiger partial charge in [-0.2, -0.15) is 0 Å². The Morgan fingerprint density at radius 1 is 1.05 bits per heavy atom. The van der Waals surface area contributed by atoms with Crippen LogP contribution in [-0.4, -0.2) is 10.8 Å². The van der Waals surface area contributed by atoms with E-state index < -0.39 is 0 Å². The van der Waals surface area contributed by atoms with Crippen LogP contribution in [0.25, 0.3) is 11.3 Å². The fourth-order valence-electron chi connectivity index (χ4n) is 2.55. The molecule has 0 saturated carbocycles. The van der Waals surface area contributed by atoms with Crippen LogP contribution >= 0.6 is 11.6 Å². The second-order valence-electron chi connectivity index (χ2n) is 5.09. The summed E-state index contributed by atoms with van der Waals surface area (Å²) in [5.74, 6) is -0.168. The Balaban J connectivity index is 2.12. The highest BCUT2D eigenvalue weighted by atomic mass is 35.5. The molecule has 110 valence electrons. The number of benzene rings is 2. The lowest BCUT2D eigenvalue weighted by Crippen LogP contribution is -2.05. The molecule has 0 atom stereocenters. The SMILES string of the molecule is Cc1[nH]c(-c2ccccc2)c(N)c1C(=O)c1ccccc1Cl. The van der Waals surface area contributed by atoms with E-state index in [1.54, 1.807) is 24.3 Å². The highest BCUT2D eigenvalue weighted by Crippen LogP contribution is 2.32. The van der Waals surface area contributed by atoms with Gasteiger partial charge < -0.3 is 10.7 Å². The van der Waals surface area contributed by atoms with E-state index in [1.165, 1.54) is 0 Å². The minimum absolute atomic E-state index is 0.168. The number of H-pyrrole nitrogens is 1. The van der Waals surface area contributed by atoms with E-state index in [0.29, 0.717) is 21.8 Å². The van der Waals surface area contributed by atoms with E-state index in [-0.39, 0.29) is 5.78 Å². The van der Waals surface area contributed by atoms with E-state index in [9.17, 15) is 4.79 Å². The van der Waals surface area contributed by atoms with Crippen molar-refractivity contribution >= 4 is 23.1 Å². The normalized spacial score (nSPS) is 10.6. The van der Waals surface area contributed by atoms with Crippen molar-refractivity contribution in [3.05, 3.63) is 76.4 Å². The molecule has 1 heterocycles. The first kappa shape index (κ1) is 14.4. The lowest BCUT2D eigenvalue weighted by Gasteiger charge is -2.05. The highest BCUT2D eigenvalue weighted by Gasteiger charge is 2.22. The van der Waals surface area contributed by atoms with E-state index in [0.717, 1.165) is 17.0 Å². The second-order valence-corrected chi connectivity index (χ2v) is 5.50. The molecular weight excluding hydrogens is 296 g/mol. The van der Waals surface area contributed by atoms with Gasteiger partial charge in [0.15, 0.2) is 5.78 Å². The fourth-order valence-corrected chi connectivity index (χ4v) is 2.77. The van der Waals surface area contributed by atoms with Crippen LogP contribution in [0.2, 0.25) is 5.02 Å². The van der Waals surface area contributed by atoms with Gasteiger partial charge in [0.05, 0.1) is 22.0 Å². The molecule has 0 fully saturated rings. The molecule has 22 heavy (non-hydrogen) atoms. The molecule has 0 saturated heterocycles. The smallest absolute Gasteiger partial charge is 0.198 e. The van der Waals surface area contributed by atoms with E-state index in [1.807, 2.05) is 37.3 Å². The molecule has 1 aromatic heterocycles. The van der Waals surface area contributed by atoms with E-state index >= 15 is 0 Å². The quantitative estimate of drug-likeness (QED) is 0.702. The number of hydrogen-bond acceptors (Lipinski definition) is 2. The van der Waals surface area contributed by atoms with Gasteiger partial charge in [-0.25, -0.2) is 0 Å². The van der Waals surface area contributed by atoms with Crippen LogP contribution < -0.4 is 5.73 Å². The average molecular weight is 311 g/mol. The highest BCUT2D eigenvalue weighted by molar-refractivity contribution is 6.35. The molecule has 0 spiro atoms. The third kappa shape index (κ3) is 2.40. The Bertz CT molecular complexity index is 838. The van der Waals surface area contributed by atoms with Crippen LogP contribution in [0.3, 0.4) is 0 Å². The molecule has 2 aromatic carbocycles. The number of aromatic nitrogens is 1. The minimum atomic E-state index is -0.168. The zero-order valence-electron chi connectivity index (χ0n) is 12.1. The summed E-state index contributed by atoms with van der Waals surface area (Å²) in [4.78, 5) is 16.0. The molecule has 0 bridgehead atoms. The molecule has 3 rings (SSSR count). The second kappa shape index (κ2) is 5.70. The number of nitrogens with two attached hydrogens (primary N) is 1. The van der Waals surface area contributed by atoms with Crippen LogP contribution in [0.1, 0.15) is 21.6 Å². The molecule has 3 aromatic rings. The van der Waals surface area contributed by atoms with Gasteiger partial charge in [-0.1, -0.05) is 54.1 Å². The zero-order chi connectivity index (χ0) is 15.7. The Hall–Kier alpha value is -2.52. The number of aromatic amines is 1. The van der Waals surface area contributed by atoms with Gasteiger partial charge in [-0.05, 0) is 19.1 Å². The summed E-state index contributed by atoms with van der Waals surface area (Å²) >= 11 is 6.13. The third-order valence-electron chi connectivity index (χ3n) is 3.63. The summed E-state index contributed by atoms with van der Waals surface area (Å²) in [7, 11) is 0. The molecule has 3 N–H and O–H groups in total. The molecule has 0 amide bonds. The maximum atomic E-state index is 12.8. The zero-order valence-corrected chi connectivity index (χ0v) is 12.8. The first-order chi connectivity index (χ1) is 10.6. The maximum Gasteiger partial charge on any atom is 0.198 e. The fraction of sp³-hybridized carbons (Fsp3) is 0.0556. The molecule has 0 radical (unpaired) electrons. The van der Waals surface area contributed by atoms with Gasteiger partial charge in [0, 0.05) is 16.8 Å². The predicted octanol–water partition coefficient (Wildman–Crippen LogP) is 4.46. The number of carbonyl (C=O) groups is 1. The van der Waals surface area contributed by atoms with Crippen molar-refractivity contribution in [2.45, 2.75) is 6.92 Å². The minimum Gasteiger partial charge on any atom is -0.396 e. The van der Waals surface area contributed by atoms with Crippen molar-refractivity contribution in [2.75, 3.05) is 5.73 Å². The molecule has 4 heteroatoms. The van der Waals surface area contributed by atoms with Crippen molar-refractivity contribution in [3.8, 4) is 11.3 Å².